The molecule has 1 saturated heterocycles. The van der Waals surface area contributed by atoms with E-state index < -0.39 is 11.6 Å². The van der Waals surface area contributed by atoms with Gasteiger partial charge in [0.2, 0.25) is 0 Å². The topological polar surface area (TPSA) is 29.3 Å². The number of hydrogen-bond acceptors (Lipinski definition) is 2. The normalized spacial score (nSPS) is 20.5. The molecule has 1 heterocycles. The Morgan fingerprint density at radius 3 is 2.53 bits per heavy atom. The lowest BCUT2D eigenvalue weighted by Gasteiger charge is -2.35. The van der Waals surface area contributed by atoms with Crippen molar-refractivity contribution in [3.05, 3.63) is 35.4 Å². The maximum atomic E-state index is 13.6. The monoisotopic (exact) mass is 240 g/mol. The first-order valence-corrected chi connectivity index (χ1v) is 6.02. The molecule has 0 aliphatic carbocycles. The van der Waals surface area contributed by atoms with Crippen LogP contribution < -0.4 is 5.73 Å². The zero-order valence-electron chi connectivity index (χ0n) is 10.00. The van der Waals surface area contributed by atoms with Crippen LogP contribution in [-0.4, -0.2) is 24.0 Å². The van der Waals surface area contributed by atoms with Crippen molar-refractivity contribution < 1.29 is 8.78 Å². The number of halogens is 2. The molecule has 0 aromatic heterocycles. The lowest BCUT2D eigenvalue weighted by Crippen LogP contribution is -2.41. The van der Waals surface area contributed by atoms with Gasteiger partial charge in [0.25, 0.3) is 0 Å². The van der Waals surface area contributed by atoms with E-state index in [2.05, 4.69) is 4.90 Å². The van der Waals surface area contributed by atoms with Crippen molar-refractivity contribution in [2.75, 3.05) is 13.1 Å². The van der Waals surface area contributed by atoms with Gasteiger partial charge in [-0.1, -0.05) is 6.07 Å². The Balaban J connectivity index is 2.11. The Labute approximate surface area is 100 Å². The fraction of sp³-hybridized carbons (Fsp3) is 0.538. The van der Waals surface area contributed by atoms with Crippen LogP contribution in [0.3, 0.4) is 0 Å². The van der Waals surface area contributed by atoms with E-state index in [1.54, 1.807) is 0 Å². The van der Waals surface area contributed by atoms with E-state index in [9.17, 15) is 8.78 Å². The van der Waals surface area contributed by atoms with Crippen LogP contribution in [0.2, 0.25) is 0 Å². The summed E-state index contributed by atoms with van der Waals surface area (Å²) in [7, 11) is 0. The van der Waals surface area contributed by atoms with Crippen LogP contribution in [0.5, 0.6) is 0 Å². The van der Waals surface area contributed by atoms with Gasteiger partial charge in [-0.3, -0.25) is 4.90 Å². The number of benzene rings is 1. The lowest BCUT2D eigenvalue weighted by molar-refractivity contribution is 0.160. The number of nitrogens with zero attached hydrogens (tertiary/aromatic N) is 1. The van der Waals surface area contributed by atoms with Gasteiger partial charge in [0.15, 0.2) is 0 Å². The van der Waals surface area contributed by atoms with Crippen LogP contribution in [-0.2, 0) is 0 Å². The molecule has 1 aliphatic rings. The zero-order valence-corrected chi connectivity index (χ0v) is 10.00. The van der Waals surface area contributed by atoms with E-state index in [-0.39, 0.29) is 12.1 Å². The third kappa shape index (κ3) is 2.82. The fourth-order valence-electron chi connectivity index (χ4n) is 2.34. The molecule has 0 saturated carbocycles. The molecule has 4 heteroatoms. The molecule has 2 nitrogen and oxygen atoms in total. The molecule has 1 aliphatic heterocycles. The fourth-order valence-corrected chi connectivity index (χ4v) is 2.34. The largest absolute Gasteiger partial charge is 0.328 e. The third-order valence-corrected chi connectivity index (χ3v) is 3.53. The number of likely N-dealkylation sites (tertiary alicyclic amines) is 1. The maximum Gasteiger partial charge on any atom is 0.130 e. The van der Waals surface area contributed by atoms with Gasteiger partial charge in [-0.25, -0.2) is 8.78 Å². The SMILES string of the molecule is CC(c1ccc(F)cc1F)N1CCC(N)CC1. The minimum atomic E-state index is -0.529. The number of nitrogens with two attached hydrogens (primary N) is 1. The molecule has 1 atom stereocenters. The first kappa shape index (κ1) is 12.5. The van der Waals surface area contributed by atoms with E-state index in [0.29, 0.717) is 5.56 Å². The van der Waals surface area contributed by atoms with Gasteiger partial charge in [-0.15, -0.1) is 0 Å². The lowest BCUT2D eigenvalue weighted by atomic mass is 10.0. The molecule has 1 aromatic rings. The van der Waals surface area contributed by atoms with Crippen molar-refractivity contribution in [2.45, 2.75) is 31.8 Å². The van der Waals surface area contributed by atoms with Crippen molar-refractivity contribution >= 4 is 0 Å². The average molecular weight is 240 g/mol. The highest BCUT2D eigenvalue weighted by molar-refractivity contribution is 5.21. The summed E-state index contributed by atoms with van der Waals surface area (Å²) in [6.07, 6.45) is 1.88. The van der Waals surface area contributed by atoms with Crippen molar-refractivity contribution in [2.24, 2.45) is 5.73 Å². The van der Waals surface area contributed by atoms with Crippen molar-refractivity contribution in [3.8, 4) is 0 Å². The molecule has 94 valence electrons. The molecular formula is C13H18F2N2. The quantitative estimate of drug-likeness (QED) is 0.860. The summed E-state index contributed by atoms with van der Waals surface area (Å²) in [6.45, 7) is 3.70. The maximum absolute atomic E-state index is 13.6. The van der Waals surface area contributed by atoms with Crippen LogP contribution in [0.4, 0.5) is 8.78 Å². The molecule has 2 rings (SSSR count). The second-order valence-corrected chi connectivity index (χ2v) is 4.72. The summed E-state index contributed by atoms with van der Waals surface area (Å²) in [6, 6.07) is 4.02. The molecule has 0 bridgehead atoms. The Hall–Kier alpha value is -1.00. The summed E-state index contributed by atoms with van der Waals surface area (Å²) in [4.78, 5) is 2.19. The molecule has 0 spiro atoms. The van der Waals surface area contributed by atoms with Gasteiger partial charge in [0.05, 0.1) is 0 Å². The molecule has 1 unspecified atom stereocenters. The predicted molar refractivity (Wildman–Crippen MR) is 63.6 cm³/mol. The first-order chi connectivity index (χ1) is 8.08. The summed E-state index contributed by atoms with van der Waals surface area (Å²) in [5, 5.41) is 0. The van der Waals surface area contributed by atoms with Crippen molar-refractivity contribution in [1.29, 1.82) is 0 Å². The summed E-state index contributed by atoms with van der Waals surface area (Å²) in [5.74, 6) is -0.994. The molecule has 1 aromatic carbocycles. The van der Waals surface area contributed by atoms with Gasteiger partial charge in [0, 0.05) is 36.8 Å². The van der Waals surface area contributed by atoms with Crippen LogP contribution in [0.1, 0.15) is 31.4 Å². The van der Waals surface area contributed by atoms with E-state index in [4.69, 9.17) is 5.73 Å². The van der Waals surface area contributed by atoms with Crippen molar-refractivity contribution in [1.82, 2.24) is 4.90 Å². The standard InChI is InChI=1S/C13H18F2N2/c1-9(17-6-4-11(16)5-7-17)12-3-2-10(14)8-13(12)15/h2-3,8-9,11H,4-7,16H2,1H3. The minimum Gasteiger partial charge on any atom is -0.328 e. The Bertz CT molecular complexity index is 387. The molecule has 0 radical (unpaired) electrons. The second-order valence-electron chi connectivity index (χ2n) is 4.72. The predicted octanol–water partition coefficient (Wildman–Crippen LogP) is 2.45. The van der Waals surface area contributed by atoms with E-state index >= 15 is 0 Å². The third-order valence-electron chi connectivity index (χ3n) is 3.53. The van der Waals surface area contributed by atoms with E-state index in [0.717, 1.165) is 32.0 Å². The van der Waals surface area contributed by atoms with Crippen LogP contribution in [0.25, 0.3) is 0 Å². The molecule has 1 fully saturated rings. The number of piperidine rings is 1. The minimum absolute atomic E-state index is 0.0249. The number of hydrogen-bond donors (Lipinski definition) is 1. The summed E-state index contributed by atoms with van der Waals surface area (Å²) in [5.41, 5.74) is 6.39. The van der Waals surface area contributed by atoms with Crippen LogP contribution >= 0.6 is 0 Å². The molecule has 17 heavy (non-hydrogen) atoms. The van der Waals surface area contributed by atoms with Gasteiger partial charge >= 0.3 is 0 Å². The molecule has 2 N–H and O–H groups in total. The van der Waals surface area contributed by atoms with Gasteiger partial charge in [0.1, 0.15) is 11.6 Å². The smallest absolute Gasteiger partial charge is 0.130 e. The van der Waals surface area contributed by atoms with Crippen LogP contribution in [0.15, 0.2) is 18.2 Å². The highest BCUT2D eigenvalue weighted by Gasteiger charge is 2.23. The zero-order chi connectivity index (χ0) is 12.4. The summed E-state index contributed by atoms with van der Waals surface area (Å²) >= 11 is 0. The van der Waals surface area contributed by atoms with E-state index in [1.807, 2.05) is 6.92 Å². The van der Waals surface area contributed by atoms with Gasteiger partial charge in [-0.05, 0) is 25.8 Å². The molecular weight excluding hydrogens is 222 g/mol. The molecule has 0 amide bonds. The van der Waals surface area contributed by atoms with Crippen LogP contribution in [0, 0.1) is 11.6 Å². The Morgan fingerprint density at radius 1 is 1.29 bits per heavy atom. The highest BCUT2D eigenvalue weighted by Crippen LogP contribution is 2.26. The first-order valence-electron chi connectivity index (χ1n) is 6.02. The Kier molecular flexibility index (Phi) is 3.74. The van der Waals surface area contributed by atoms with Crippen molar-refractivity contribution in [3.63, 3.8) is 0 Å². The average Bonchev–Trinajstić information content (AvgIpc) is 2.29. The Morgan fingerprint density at radius 2 is 1.94 bits per heavy atom. The highest BCUT2D eigenvalue weighted by atomic mass is 19.1. The van der Waals surface area contributed by atoms with Gasteiger partial charge < -0.3 is 5.73 Å². The summed E-state index contributed by atoms with van der Waals surface area (Å²) < 4.78 is 26.5. The second kappa shape index (κ2) is 5.10. The number of rotatable bonds is 2. The van der Waals surface area contributed by atoms with Gasteiger partial charge in [-0.2, -0.15) is 0 Å². The van der Waals surface area contributed by atoms with E-state index in [1.165, 1.54) is 12.1 Å².